The van der Waals surface area contributed by atoms with Gasteiger partial charge in [0.15, 0.2) is 0 Å². The van der Waals surface area contributed by atoms with E-state index in [4.69, 9.17) is 0 Å². The number of benzene rings is 1. The molecule has 1 fully saturated rings. The molecule has 1 heterocycles. The molecule has 1 aromatic rings. The Balaban J connectivity index is 1.90. The molecule has 2 amide bonds. The fourth-order valence-electron chi connectivity index (χ4n) is 3.14. The van der Waals surface area contributed by atoms with Crippen LogP contribution in [-0.2, 0) is 4.79 Å². The fourth-order valence-corrected chi connectivity index (χ4v) is 3.14. The lowest BCUT2D eigenvalue weighted by molar-refractivity contribution is -0.116. The molecule has 0 saturated carbocycles. The second-order valence-electron chi connectivity index (χ2n) is 6.65. The van der Waals surface area contributed by atoms with Crippen molar-refractivity contribution in [3.63, 3.8) is 0 Å². The van der Waals surface area contributed by atoms with E-state index in [0.29, 0.717) is 24.6 Å². The van der Waals surface area contributed by atoms with Gasteiger partial charge in [-0.1, -0.05) is 13.0 Å². The van der Waals surface area contributed by atoms with Crippen molar-refractivity contribution in [2.45, 2.75) is 52.0 Å². The maximum atomic E-state index is 12.3. The molecule has 2 N–H and O–H groups in total. The van der Waals surface area contributed by atoms with E-state index in [1.165, 1.54) is 12.8 Å². The highest BCUT2D eigenvalue weighted by Gasteiger charge is 2.20. The number of anilines is 1. The van der Waals surface area contributed by atoms with Gasteiger partial charge >= 0.3 is 0 Å². The van der Waals surface area contributed by atoms with Gasteiger partial charge in [0.1, 0.15) is 0 Å². The van der Waals surface area contributed by atoms with Gasteiger partial charge in [-0.05, 0) is 63.9 Å². The predicted molar refractivity (Wildman–Crippen MR) is 97.3 cm³/mol. The Morgan fingerprint density at radius 1 is 1.33 bits per heavy atom. The van der Waals surface area contributed by atoms with Gasteiger partial charge in [-0.3, -0.25) is 9.59 Å². The van der Waals surface area contributed by atoms with Crippen LogP contribution in [0.5, 0.6) is 0 Å². The normalized spacial score (nSPS) is 17.7. The van der Waals surface area contributed by atoms with Crippen LogP contribution in [-0.4, -0.2) is 42.9 Å². The molecule has 5 heteroatoms. The zero-order valence-corrected chi connectivity index (χ0v) is 15.0. The highest BCUT2D eigenvalue weighted by atomic mass is 16.2. The Kier molecular flexibility index (Phi) is 6.79. The molecule has 0 spiro atoms. The van der Waals surface area contributed by atoms with Crippen LogP contribution in [0.15, 0.2) is 18.2 Å². The highest BCUT2D eigenvalue weighted by Crippen LogP contribution is 2.19. The van der Waals surface area contributed by atoms with Crippen molar-refractivity contribution in [3.05, 3.63) is 29.3 Å². The molecule has 5 nitrogen and oxygen atoms in total. The number of nitrogens with one attached hydrogen (secondary N) is 2. The molecular weight excluding hydrogens is 302 g/mol. The van der Waals surface area contributed by atoms with Gasteiger partial charge in [0, 0.05) is 30.3 Å². The number of rotatable bonds is 7. The second kappa shape index (κ2) is 8.83. The van der Waals surface area contributed by atoms with Crippen molar-refractivity contribution in [1.82, 2.24) is 10.2 Å². The fraction of sp³-hybridized carbons (Fsp3) is 0.579. The SMILES string of the molecule is CCCC(=O)Nc1cc(C(=O)NCCC2CCCN2C)ccc1C. The quantitative estimate of drug-likeness (QED) is 0.807. The van der Waals surface area contributed by atoms with Crippen molar-refractivity contribution >= 4 is 17.5 Å². The van der Waals surface area contributed by atoms with Crippen molar-refractivity contribution in [3.8, 4) is 0 Å². The first-order valence-corrected chi connectivity index (χ1v) is 8.90. The Morgan fingerprint density at radius 3 is 2.79 bits per heavy atom. The molecular formula is C19H29N3O2. The Morgan fingerprint density at radius 2 is 2.12 bits per heavy atom. The van der Waals surface area contributed by atoms with E-state index < -0.39 is 0 Å². The van der Waals surface area contributed by atoms with Crippen LogP contribution in [0.4, 0.5) is 5.69 Å². The molecule has 0 aromatic heterocycles. The standard InChI is InChI=1S/C19H29N3O2/c1-4-6-18(23)21-17-13-15(9-8-14(17)2)19(24)20-11-10-16-7-5-12-22(16)3/h8-9,13,16H,4-7,10-12H2,1-3H3,(H,20,24)(H,21,23). The molecule has 1 saturated heterocycles. The Hall–Kier alpha value is -1.88. The summed E-state index contributed by atoms with van der Waals surface area (Å²) in [6.07, 6.45) is 4.73. The van der Waals surface area contributed by atoms with E-state index >= 15 is 0 Å². The molecule has 2 rings (SSSR count). The molecule has 24 heavy (non-hydrogen) atoms. The van der Waals surface area contributed by atoms with Gasteiger partial charge in [-0.15, -0.1) is 0 Å². The Bertz CT molecular complexity index is 586. The molecule has 1 atom stereocenters. The van der Waals surface area contributed by atoms with E-state index in [1.807, 2.05) is 26.0 Å². The van der Waals surface area contributed by atoms with E-state index in [1.54, 1.807) is 6.07 Å². The molecule has 0 bridgehead atoms. The Labute approximate surface area is 144 Å². The number of hydrogen-bond acceptors (Lipinski definition) is 3. The third-order valence-corrected chi connectivity index (χ3v) is 4.69. The number of amides is 2. The maximum Gasteiger partial charge on any atom is 0.251 e. The summed E-state index contributed by atoms with van der Waals surface area (Å²) in [6.45, 7) is 5.73. The minimum absolute atomic E-state index is 0.0116. The van der Waals surface area contributed by atoms with Crippen LogP contribution in [0, 0.1) is 6.92 Å². The van der Waals surface area contributed by atoms with Gasteiger partial charge in [-0.2, -0.15) is 0 Å². The summed E-state index contributed by atoms with van der Waals surface area (Å²) in [7, 11) is 2.14. The van der Waals surface area contributed by atoms with Gasteiger partial charge in [-0.25, -0.2) is 0 Å². The number of aryl methyl sites for hydroxylation is 1. The summed E-state index contributed by atoms with van der Waals surface area (Å²) in [6, 6.07) is 6.02. The smallest absolute Gasteiger partial charge is 0.251 e. The highest BCUT2D eigenvalue weighted by molar-refractivity contribution is 5.97. The maximum absolute atomic E-state index is 12.3. The summed E-state index contributed by atoms with van der Waals surface area (Å²) in [4.78, 5) is 26.5. The molecule has 0 radical (unpaired) electrons. The minimum atomic E-state index is -0.0818. The minimum Gasteiger partial charge on any atom is -0.352 e. The average Bonchev–Trinajstić information content (AvgIpc) is 2.95. The largest absolute Gasteiger partial charge is 0.352 e. The second-order valence-corrected chi connectivity index (χ2v) is 6.65. The lowest BCUT2D eigenvalue weighted by Gasteiger charge is -2.19. The van der Waals surface area contributed by atoms with Crippen molar-refractivity contribution in [1.29, 1.82) is 0 Å². The van der Waals surface area contributed by atoms with Gasteiger partial charge in [0.05, 0.1) is 0 Å². The molecule has 132 valence electrons. The molecule has 0 aliphatic carbocycles. The third-order valence-electron chi connectivity index (χ3n) is 4.69. The summed E-state index contributed by atoms with van der Waals surface area (Å²) in [5, 5.41) is 5.88. The van der Waals surface area contributed by atoms with E-state index in [-0.39, 0.29) is 11.8 Å². The summed E-state index contributed by atoms with van der Waals surface area (Å²) in [5.74, 6) is -0.0935. The summed E-state index contributed by atoms with van der Waals surface area (Å²) in [5.41, 5.74) is 2.27. The van der Waals surface area contributed by atoms with E-state index in [9.17, 15) is 9.59 Å². The first-order valence-electron chi connectivity index (χ1n) is 8.90. The zero-order chi connectivity index (χ0) is 17.5. The van der Waals surface area contributed by atoms with Crippen LogP contribution in [0.3, 0.4) is 0 Å². The van der Waals surface area contributed by atoms with Crippen LogP contribution in [0.2, 0.25) is 0 Å². The first-order chi connectivity index (χ1) is 11.5. The lowest BCUT2D eigenvalue weighted by atomic mass is 10.1. The van der Waals surface area contributed by atoms with Gasteiger partial charge in [0.2, 0.25) is 5.91 Å². The van der Waals surface area contributed by atoms with Crippen LogP contribution in [0.25, 0.3) is 0 Å². The van der Waals surface area contributed by atoms with Gasteiger partial charge < -0.3 is 15.5 Å². The number of carbonyl (C=O) groups excluding carboxylic acids is 2. The average molecular weight is 331 g/mol. The van der Waals surface area contributed by atoms with Crippen LogP contribution >= 0.6 is 0 Å². The van der Waals surface area contributed by atoms with E-state index in [0.717, 1.165) is 30.6 Å². The number of likely N-dealkylation sites (tertiary alicyclic amines) is 1. The van der Waals surface area contributed by atoms with Crippen molar-refractivity contribution < 1.29 is 9.59 Å². The lowest BCUT2D eigenvalue weighted by Crippen LogP contribution is -2.31. The number of carbonyl (C=O) groups is 2. The monoisotopic (exact) mass is 331 g/mol. The molecule has 1 aromatic carbocycles. The van der Waals surface area contributed by atoms with Gasteiger partial charge in [0.25, 0.3) is 5.91 Å². The molecule has 1 aliphatic heterocycles. The van der Waals surface area contributed by atoms with E-state index in [2.05, 4.69) is 22.6 Å². The number of nitrogens with zero attached hydrogens (tertiary/aromatic N) is 1. The van der Waals surface area contributed by atoms with Crippen LogP contribution < -0.4 is 10.6 Å². The topological polar surface area (TPSA) is 61.4 Å². The third kappa shape index (κ3) is 5.06. The van der Waals surface area contributed by atoms with Crippen molar-refractivity contribution in [2.75, 3.05) is 25.5 Å². The molecule has 1 unspecified atom stereocenters. The number of hydrogen-bond donors (Lipinski definition) is 2. The summed E-state index contributed by atoms with van der Waals surface area (Å²) < 4.78 is 0. The summed E-state index contributed by atoms with van der Waals surface area (Å²) >= 11 is 0. The first kappa shape index (κ1) is 18.5. The molecule has 1 aliphatic rings. The predicted octanol–water partition coefficient (Wildman–Crippen LogP) is 2.95. The van der Waals surface area contributed by atoms with Crippen molar-refractivity contribution in [2.24, 2.45) is 0 Å². The van der Waals surface area contributed by atoms with Crippen LogP contribution in [0.1, 0.15) is 54.9 Å². The zero-order valence-electron chi connectivity index (χ0n) is 15.0.